The highest BCUT2D eigenvalue weighted by molar-refractivity contribution is 6.26. The van der Waals surface area contributed by atoms with E-state index in [0.29, 0.717) is 24.3 Å². The number of piperazine rings is 1. The van der Waals surface area contributed by atoms with E-state index in [9.17, 15) is 9.59 Å². The Hall–Kier alpha value is -3.33. The van der Waals surface area contributed by atoms with Gasteiger partial charge in [0.15, 0.2) is 0 Å². The number of pyridine rings is 1. The van der Waals surface area contributed by atoms with Gasteiger partial charge in [-0.3, -0.25) is 24.4 Å². The number of amides is 2. The summed E-state index contributed by atoms with van der Waals surface area (Å²) in [6.45, 7) is 12.0. The van der Waals surface area contributed by atoms with Gasteiger partial charge in [0.05, 0.1) is 18.0 Å². The van der Waals surface area contributed by atoms with E-state index >= 15 is 0 Å². The molecule has 5 rings (SSSR count). The largest absolute Gasteiger partial charge is 0.380 e. The molecule has 206 valence electrons. The maximum Gasteiger partial charge on any atom is 0.261 e. The molecular weight excluding hydrogens is 490 g/mol. The first-order valence-electron chi connectivity index (χ1n) is 14.2. The average Bonchev–Trinajstić information content (AvgIpc) is 2.96. The van der Waals surface area contributed by atoms with Crippen LogP contribution in [0.15, 0.2) is 48.5 Å². The molecule has 8 heteroatoms. The first-order valence-corrected chi connectivity index (χ1v) is 14.2. The van der Waals surface area contributed by atoms with Crippen molar-refractivity contribution < 1.29 is 14.3 Å². The fourth-order valence-corrected chi connectivity index (χ4v) is 5.52. The molecule has 0 saturated carbocycles. The molecule has 0 atom stereocenters. The SMILES string of the molecule is CCCCN1C(=O)c2cccc3c(N4CCN(Cc5cccc(CNCCOCC)n5)CC4)ccc(c23)C1=O. The Balaban J connectivity index is 1.24. The molecule has 0 bridgehead atoms. The van der Waals surface area contributed by atoms with Crippen molar-refractivity contribution in [3.8, 4) is 0 Å². The highest BCUT2D eigenvalue weighted by Gasteiger charge is 2.33. The molecule has 0 spiro atoms. The molecule has 39 heavy (non-hydrogen) atoms. The first-order chi connectivity index (χ1) is 19.1. The minimum absolute atomic E-state index is 0.173. The lowest BCUT2D eigenvalue weighted by Gasteiger charge is -2.37. The van der Waals surface area contributed by atoms with Crippen LogP contribution in [0.4, 0.5) is 5.69 Å². The number of aromatic nitrogens is 1. The lowest BCUT2D eigenvalue weighted by atomic mass is 9.92. The van der Waals surface area contributed by atoms with Gasteiger partial charge in [0.2, 0.25) is 0 Å². The van der Waals surface area contributed by atoms with Gasteiger partial charge in [0, 0.05) is 86.6 Å². The number of imide groups is 1. The van der Waals surface area contributed by atoms with E-state index in [-0.39, 0.29) is 11.8 Å². The van der Waals surface area contributed by atoms with Gasteiger partial charge in [0.25, 0.3) is 11.8 Å². The van der Waals surface area contributed by atoms with Crippen LogP contribution in [0.2, 0.25) is 0 Å². The molecule has 2 aromatic carbocycles. The fraction of sp³-hybridized carbons (Fsp3) is 0.452. The molecule has 2 aliphatic heterocycles. The van der Waals surface area contributed by atoms with Crippen LogP contribution in [0.3, 0.4) is 0 Å². The van der Waals surface area contributed by atoms with E-state index in [0.717, 1.165) is 93.1 Å². The molecule has 0 aliphatic carbocycles. The van der Waals surface area contributed by atoms with Gasteiger partial charge >= 0.3 is 0 Å². The van der Waals surface area contributed by atoms with Gasteiger partial charge in [0.1, 0.15) is 0 Å². The van der Waals surface area contributed by atoms with Crippen molar-refractivity contribution in [2.24, 2.45) is 0 Å². The summed E-state index contributed by atoms with van der Waals surface area (Å²) in [6.07, 6.45) is 1.75. The number of carbonyl (C=O) groups excluding carboxylic acids is 2. The van der Waals surface area contributed by atoms with Crippen molar-refractivity contribution in [1.82, 2.24) is 20.1 Å². The predicted octanol–water partition coefficient (Wildman–Crippen LogP) is 4.08. The summed E-state index contributed by atoms with van der Waals surface area (Å²) >= 11 is 0. The van der Waals surface area contributed by atoms with Gasteiger partial charge in [-0.1, -0.05) is 31.5 Å². The zero-order valence-corrected chi connectivity index (χ0v) is 23.1. The number of hydrogen-bond acceptors (Lipinski definition) is 7. The Morgan fingerprint density at radius 3 is 2.41 bits per heavy atom. The molecule has 2 aliphatic rings. The smallest absolute Gasteiger partial charge is 0.261 e. The minimum atomic E-state index is -0.173. The number of nitrogens with one attached hydrogen (secondary N) is 1. The zero-order chi connectivity index (χ0) is 27.2. The molecule has 2 amide bonds. The molecule has 1 aromatic heterocycles. The van der Waals surface area contributed by atoms with Crippen molar-refractivity contribution in [2.45, 2.75) is 39.8 Å². The standard InChI is InChI=1S/C31H39N5O3/c1-3-5-15-36-30(37)26-11-7-10-25-28(13-12-27(29(25)26)31(36)38)35-18-16-34(17-19-35)22-24-9-6-8-23(33-24)21-32-14-20-39-4-2/h6-13,32H,3-5,14-22H2,1-2H3. The average molecular weight is 530 g/mol. The number of carbonyl (C=O) groups is 2. The number of benzene rings is 2. The summed E-state index contributed by atoms with van der Waals surface area (Å²) in [5.74, 6) is -0.347. The Labute approximate surface area is 230 Å². The summed E-state index contributed by atoms with van der Waals surface area (Å²) in [7, 11) is 0. The van der Waals surface area contributed by atoms with Crippen molar-refractivity contribution in [2.75, 3.05) is 57.4 Å². The summed E-state index contributed by atoms with van der Waals surface area (Å²) in [5.41, 5.74) is 4.49. The second-order valence-corrected chi connectivity index (χ2v) is 10.2. The Kier molecular flexibility index (Phi) is 8.86. The third-order valence-electron chi connectivity index (χ3n) is 7.60. The monoisotopic (exact) mass is 529 g/mol. The molecular formula is C31H39N5O3. The number of hydrogen-bond donors (Lipinski definition) is 1. The maximum atomic E-state index is 13.2. The van der Waals surface area contributed by atoms with Crippen LogP contribution in [-0.2, 0) is 17.8 Å². The second kappa shape index (κ2) is 12.7. The highest BCUT2D eigenvalue weighted by Crippen LogP contribution is 2.36. The third-order valence-corrected chi connectivity index (χ3v) is 7.60. The van der Waals surface area contributed by atoms with Gasteiger partial charge in [-0.05, 0) is 43.7 Å². The second-order valence-electron chi connectivity index (χ2n) is 10.2. The summed E-state index contributed by atoms with van der Waals surface area (Å²) in [4.78, 5) is 37.5. The van der Waals surface area contributed by atoms with Crippen LogP contribution in [0.25, 0.3) is 10.8 Å². The first kappa shape index (κ1) is 27.2. The zero-order valence-electron chi connectivity index (χ0n) is 23.1. The van der Waals surface area contributed by atoms with Gasteiger partial charge in [-0.2, -0.15) is 0 Å². The van der Waals surface area contributed by atoms with Crippen LogP contribution in [0, 0.1) is 0 Å². The van der Waals surface area contributed by atoms with Crippen LogP contribution in [0.5, 0.6) is 0 Å². The van der Waals surface area contributed by atoms with Gasteiger partial charge in [-0.25, -0.2) is 0 Å². The van der Waals surface area contributed by atoms with Crippen LogP contribution >= 0.6 is 0 Å². The van der Waals surface area contributed by atoms with Gasteiger partial charge in [-0.15, -0.1) is 0 Å². The topological polar surface area (TPSA) is 78.0 Å². The lowest BCUT2D eigenvalue weighted by Crippen LogP contribution is -2.46. The minimum Gasteiger partial charge on any atom is -0.380 e. The normalized spacial score (nSPS) is 15.9. The summed E-state index contributed by atoms with van der Waals surface area (Å²) in [5, 5.41) is 5.18. The Morgan fingerprint density at radius 2 is 1.64 bits per heavy atom. The molecule has 8 nitrogen and oxygen atoms in total. The van der Waals surface area contributed by atoms with E-state index in [1.807, 2.05) is 31.2 Å². The molecule has 1 saturated heterocycles. The Morgan fingerprint density at radius 1 is 0.897 bits per heavy atom. The summed E-state index contributed by atoms with van der Waals surface area (Å²) < 4.78 is 5.38. The molecule has 3 aromatic rings. The van der Waals surface area contributed by atoms with Gasteiger partial charge < -0.3 is 15.0 Å². The number of ether oxygens (including phenoxy) is 1. The van der Waals surface area contributed by atoms with E-state index in [1.165, 1.54) is 4.90 Å². The predicted molar refractivity (Wildman–Crippen MR) is 154 cm³/mol. The summed E-state index contributed by atoms with van der Waals surface area (Å²) in [6, 6.07) is 16.1. The van der Waals surface area contributed by atoms with Crippen LogP contribution in [0.1, 0.15) is 58.8 Å². The highest BCUT2D eigenvalue weighted by atomic mass is 16.5. The quantitative estimate of drug-likeness (QED) is 0.280. The van der Waals surface area contributed by atoms with E-state index in [4.69, 9.17) is 9.72 Å². The van der Waals surface area contributed by atoms with E-state index in [1.54, 1.807) is 0 Å². The molecule has 3 heterocycles. The third kappa shape index (κ3) is 5.98. The van der Waals surface area contributed by atoms with Crippen LogP contribution < -0.4 is 10.2 Å². The number of rotatable bonds is 12. The van der Waals surface area contributed by atoms with Crippen molar-refractivity contribution in [1.29, 1.82) is 0 Å². The van der Waals surface area contributed by atoms with Crippen LogP contribution in [-0.4, -0.2) is 79.1 Å². The number of anilines is 1. The van der Waals surface area contributed by atoms with E-state index < -0.39 is 0 Å². The maximum absolute atomic E-state index is 13.2. The lowest BCUT2D eigenvalue weighted by molar-refractivity contribution is 0.0608. The van der Waals surface area contributed by atoms with Crippen molar-refractivity contribution >= 4 is 28.3 Å². The number of unbranched alkanes of at least 4 members (excludes halogenated alkanes) is 1. The molecule has 1 N–H and O–H groups in total. The fourth-order valence-electron chi connectivity index (χ4n) is 5.52. The van der Waals surface area contributed by atoms with Crippen molar-refractivity contribution in [3.63, 3.8) is 0 Å². The molecule has 1 fully saturated rings. The van der Waals surface area contributed by atoms with Crippen molar-refractivity contribution in [3.05, 3.63) is 71.0 Å². The molecule has 0 radical (unpaired) electrons. The molecule has 0 unspecified atom stereocenters. The number of nitrogens with zero attached hydrogens (tertiary/aromatic N) is 4. The Bertz CT molecular complexity index is 1300. The van der Waals surface area contributed by atoms with E-state index in [2.05, 4.69) is 46.3 Å².